The van der Waals surface area contributed by atoms with Crippen molar-refractivity contribution in [3.63, 3.8) is 0 Å². The molecule has 5 heteroatoms. The second-order valence-electron chi connectivity index (χ2n) is 5.41. The molecule has 1 atom stereocenters. The van der Waals surface area contributed by atoms with Crippen LogP contribution in [0.2, 0.25) is 0 Å². The summed E-state index contributed by atoms with van der Waals surface area (Å²) in [7, 11) is -3.50. The summed E-state index contributed by atoms with van der Waals surface area (Å²) in [4.78, 5) is 4.30. The van der Waals surface area contributed by atoms with E-state index in [1.54, 1.807) is 18.5 Å². The summed E-state index contributed by atoms with van der Waals surface area (Å²) < 4.78 is 27.7. The first kappa shape index (κ1) is 14.2. The van der Waals surface area contributed by atoms with E-state index in [9.17, 15) is 8.42 Å². The van der Waals surface area contributed by atoms with Crippen LogP contribution >= 0.6 is 0 Å². The van der Waals surface area contributed by atoms with E-state index in [0.29, 0.717) is 4.90 Å². The third-order valence-corrected chi connectivity index (χ3v) is 5.46. The normalized spacial score (nSPS) is 15.7. The molecule has 1 N–H and O–H groups in total. The van der Waals surface area contributed by atoms with E-state index < -0.39 is 10.0 Å². The monoisotopic (exact) mass is 302 g/mol. The lowest BCUT2D eigenvalue weighted by Gasteiger charge is -2.15. The Balaban J connectivity index is 1.84. The topological polar surface area (TPSA) is 59.1 Å². The standard InChI is InChI=1S/C16H18N2O2S/c1-12(13-7-9-17-10-8-13)18-21(19,20)16-6-5-14-3-2-4-15(14)11-16/h5-12,18H,2-4H2,1H3/t12-/m0/s1. The number of sulfonamides is 1. The number of benzene rings is 1. The van der Waals surface area contributed by atoms with Gasteiger partial charge >= 0.3 is 0 Å². The van der Waals surface area contributed by atoms with Gasteiger partial charge in [-0.3, -0.25) is 4.98 Å². The molecule has 3 rings (SSSR count). The molecule has 2 aromatic rings. The summed E-state index contributed by atoms with van der Waals surface area (Å²) in [6.45, 7) is 1.83. The third kappa shape index (κ3) is 2.99. The maximum atomic E-state index is 12.5. The highest BCUT2D eigenvalue weighted by molar-refractivity contribution is 7.89. The number of rotatable bonds is 4. The van der Waals surface area contributed by atoms with Crippen LogP contribution in [-0.4, -0.2) is 13.4 Å². The van der Waals surface area contributed by atoms with Crippen LogP contribution in [0.1, 0.15) is 36.1 Å². The molecule has 0 saturated heterocycles. The zero-order valence-corrected chi connectivity index (χ0v) is 12.7. The molecule has 1 aliphatic carbocycles. The fourth-order valence-corrected chi connectivity index (χ4v) is 4.02. The molecular formula is C16H18N2O2S. The first-order valence-electron chi connectivity index (χ1n) is 7.10. The van der Waals surface area contributed by atoms with E-state index in [0.717, 1.165) is 30.4 Å². The summed E-state index contributed by atoms with van der Waals surface area (Å²) in [5.74, 6) is 0. The first-order valence-corrected chi connectivity index (χ1v) is 8.59. The number of nitrogens with zero attached hydrogens (tertiary/aromatic N) is 1. The lowest BCUT2D eigenvalue weighted by atomic mass is 10.1. The highest BCUT2D eigenvalue weighted by Crippen LogP contribution is 2.25. The van der Waals surface area contributed by atoms with Gasteiger partial charge in [0.05, 0.1) is 4.90 Å². The minimum Gasteiger partial charge on any atom is -0.265 e. The largest absolute Gasteiger partial charge is 0.265 e. The predicted octanol–water partition coefficient (Wildman–Crippen LogP) is 2.61. The van der Waals surface area contributed by atoms with E-state index in [1.807, 2.05) is 31.2 Å². The van der Waals surface area contributed by atoms with Crippen molar-refractivity contribution in [3.05, 3.63) is 59.4 Å². The Morgan fingerprint density at radius 2 is 1.81 bits per heavy atom. The van der Waals surface area contributed by atoms with Gasteiger partial charge in [0, 0.05) is 18.4 Å². The Bertz CT molecular complexity index is 742. The molecule has 0 fully saturated rings. The van der Waals surface area contributed by atoms with Crippen molar-refractivity contribution >= 4 is 10.0 Å². The zero-order chi connectivity index (χ0) is 14.9. The van der Waals surface area contributed by atoms with E-state index in [-0.39, 0.29) is 6.04 Å². The van der Waals surface area contributed by atoms with Crippen LogP contribution in [0.4, 0.5) is 0 Å². The summed E-state index contributed by atoms with van der Waals surface area (Å²) in [5, 5.41) is 0. The molecule has 0 spiro atoms. The number of hydrogen-bond donors (Lipinski definition) is 1. The van der Waals surface area contributed by atoms with Gasteiger partial charge in [-0.05, 0) is 67.1 Å². The molecule has 21 heavy (non-hydrogen) atoms. The molecule has 1 aromatic heterocycles. The summed E-state index contributed by atoms with van der Waals surface area (Å²) in [6, 6.07) is 8.79. The van der Waals surface area contributed by atoms with Gasteiger partial charge in [0.15, 0.2) is 0 Å². The maximum Gasteiger partial charge on any atom is 0.241 e. The molecule has 4 nitrogen and oxygen atoms in total. The minimum absolute atomic E-state index is 0.286. The second-order valence-corrected chi connectivity index (χ2v) is 7.12. The summed E-state index contributed by atoms with van der Waals surface area (Å²) in [5.41, 5.74) is 3.33. The predicted molar refractivity (Wildman–Crippen MR) is 81.4 cm³/mol. The number of aromatic nitrogens is 1. The maximum absolute atomic E-state index is 12.5. The number of pyridine rings is 1. The lowest BCUT2D eigenvalue weighted by molar-refractivity contribution is 0.566. The number of nitrogens with one attached hydrogen (secondary N) is 1. The molecule has 0 unspecified atom stereocenters. The van der Waals surface area contributed by atoms with Crippen LogP contribution in [0.5, 0.6) is 0 Å². The molecule has 0 amide bonds. The number of aryl methyl sites for hydroxylation is 2. The average Bonchev–Trinajstić information content (AvgIpc) is 2.95. The fourth-order valence-electron chi connectivity index (χ4n) is 2.74. The van der Waals surface area contributed by atoms with Crippen molar-refractivity contribution in [2.45, 2.75) is 37.1 Å². The quantitative estimate of drug-likeness (QED) is 0.944. The van der Waals surface area contributed by atoms with Crippen molar-refractivity contribution in [3.8, 4) is 0 Å². The van der Waals surface area contributed by atoms with E-state index in [2.05, 4.69) is 9.71 Å². The van der Waals surface area contributed by atoms with Crippen LogP contribution in [0.25, 0.3) is 0 Å². The Labute approximate surface area is 125 Å². The van der Waals surface area contributed by atoms with Crippen molar-refractivity contribution in [1.82, 2.24) is 9.71 Å². The molecule has 0 radical (unpaired) electrons. The van der Waals surface area contributed by atoms with Gasteiger partial charge in [-0.25, -0.2) is 13.1 Å². The van der Waals surface area contributed by atoms with Crippen LogP contribution < -0.4 is 4.72 Å². The minimum atomic E-state index is -3.50. The van der Waals surface area contributed by atoms with Crippen LogP contribution in [0, 0.1) is 0 Å². The second kappa shape index (κ2) is 5.58. The SMILES string of the molecule is C[C@H](NS(=O)(=O)c1ccc2c(c1)CCC2)c1ccncc1. The number of hydrogen-bond acceptors (Lipinski definition) is 3. The lowest BCUT2D eigenvalue weighted by Crippen LogP contribution is -2.27. The van der Waals surface area contributed by atoms with Crippen molar-refractivity contribution in [2.24, 2.45) is 0 Å². The van der Waals surface area contributed by atoms with Gasteiger partial charge in [0.2, 0.25) is 10.0 Å². The molecule has 1 aliphatic rings. The van der Waals surface area contributed by atoms with Gasteiger partial charge in [-0.15, -0.1) is 0 Å². The van der Waals surface area contributed by atoms with Gasteiger partial charge in [-0.2, -0.15) is 0 Å². The van der Waals surface area contributed by atoms with Gasteiger partial charge in [0.25, 0.3) is 0 Å². The Morgan fingerprint density at radius 3 is 2.57 bits per heavy atom. The van der Waals surface area contributed by atoms with Gasteiger partial charge in [0.1, 0.15) is 0 Å². The zero-order valence-electron chi connectivity index (χ0n) is 11.9. The van der Waals surface area contributed by atoms with E-state index >= 15 is 0 Å². The van der Waals surface area contributed by atoms with Gasteiger partial charge in [-0.1, -0.05) is 6.07 Å². The molecule has 0 saturated carbocycles. The Morgan fingerprint density at radius 1 is 1.10 bits per heavy atom. The molecule has 1 aromatic carbocycles. The Kier molecular flexibility index (Phi) is 3.78. The van der Waals surface area contributed by atoms with Gasteiger partial charge < -0.3 is 0 Å². The molecular weight excluding hydrogens is 284 g/mol. The van der Waals surface area contributed by atoms with Crippen LogP contribution in [-0.2, 0) is 22.9 Å². The molecule has 0 bridgehead atoms. The van der Waals surface area contributed by atoms with E-state index in [4.69, 9.17) is 0 Å². The Hall–Kier alpha value is -1.72. The fraction of sp³-hybridized carbons (Fsp3) is 0.312. The highest BCUT2D eigenvalue weighted by Gasteiger charge is 2.20. The molecule has 1 heterocycles. The first-order chi connectivity index (χ1) is 10.1. The number of fused-ring (bicyclic) bond motifs is 1. The average molecular weight is 302 g/mol. The van der Waals surface area contributed by atoms with Crippen LogP contribution in [0.15, 0.2) is 47.6 Å². The summed E-state index contributed by atoms with van der Waals surface area (Å²) in [6.07, 6.45) is 6.46. The molecule has 110 valence electrons. The molecule has 0 aliphatic heterocycles. The smallest absolute Gasteiger partial charge is 0.241 e. The van der Waals surface area contributed by atoms with Crippen molar-refractivity contribution < 1.29 is 8.42 Å². The van der Waals surface area contributed by atoms with Crippen molar-refractivity contribution in [1.29, 1.82) is 0 Å². The third-order valence-electron chi connectivity index (χ3n) is 3.92. The highest BCUT2D eigenvalue weighted by atomic mass is 32.2. The van der Waals surface area contributed by atoms with Crippen LogP contribution in [0.3, 0.4) is 0 Å². The summed E-state index contributed by atoms with van der Waals surface area (Å²) >= 11 is 0. The van der Waals surface area contributed by atoms with Crippen molar-refractivity contribution in [2.75, 3.05) is 0 Å². The van der Waals surface area contributed by atoms with E-state index in [1.165, 1.54) is 5.56 Å².